The molecule has 5 nitrogen and oxygen atoms in total. The summed E-state index contributed by atoms with van der Waals surface area (Å²) in [6.07, 6.45) is 19.0. The van der Waals surface area contributed by atoms with Crippen LogP contribution in [0.1, 0.15) is 109 Å². The number of amides is 1. The molecule has 1 amide bonds. The Morgan fingerprint density at radius 2 is 1.35 bits per heavy atom. The van der Waals surface area contributed by atoms with Gasteiger partial charge in [-0.1, -0.05) is 96.5 Å². The smallest absolute Gasteiger partial charge is 0.230 e. The largest absolute Gasteiger partial charge is 0.493 e. The van der Waals surface area contributed by atoms with Crippen molar-refractivity contribution in [2.24, 2.45) is 0 Å². The van der Waals surface area contributed by atoms with E-state index in [2.05, 4.69) is 17.8 Å². The number of carbonyl (C=O) groups excluding carboxylic acids is 1. The van der Waals surface area contributed by atoms with E-state index in [1.54, 1.807) is 7.11 Å². The minimum Gasteiger partial charge on any atom is -0.493 e. The molecule has 0 aliphatic rings. The normalized spacial score (nSPS) is 10.8. The number of rotatable bonds is 20. The second-order valence-electron chi connectivity index (χ2n) is 8.46. The number of benzene rings is 1. The molecule has 0 bridgehead atoms. The maximum atomic E-state index is 10.9. The van der Waals surface area contributed by atoms with Crippen LogP contribution in [0.3, 0.4) is 0 Å². The van der Waals surface area contributed by atoms with Crippen LogP contribution < -0.4 is 20.3 Å². The van der Waals surface area contributed by atoms with Crippen LogP contribution in [0.4, 0.5) is 0 Å². The Labute approximate surface area is 190 Å². The highest BCUT2D eigenvalue weighted by molar-refractivity contribution is 5.72. The van der Waals surface area contributed by atoms with Gasteiger partial charge in [-0.2, -0.15) is 0 Å². The molecular formula is C26H46N2O3. The molecule has 2 N–H and O–H groups in total. The van der Waals surface area contributed by atoms with Crippen molar-refractivity contribution in [2.45, 2.75) is 110 Å². The van der Waals surface area contributed by atoms with Gasteiger partial charge in [-0.3, -0.25) is 10.2 Å². The van der Waals surface area contributed by atoms with Gasteiger partial charge in [0.25, 0.3) is 0 Å². The quantitative estimate of drug-likeness (QED) is 0.177. The number of hydrogen-bond donors (Lipinski definition) is 2. The van der Waals surface area contributed by atoms with Crippen molar-refractivity contribution in [1.82, 2.24) is 10.9 Å². The first kappa shape index (κ1) is 27.3. The monoisotopic (exact) mass is 434 g/mol. The molecule has 0 aliphatic carbocycles. The third-order valence-electron chi connectivity index (χ3n) is 5.54. The van der Waals surface area contributed by atoms with E-state index in [1.807, 2.05) is 18.2 Å². The first-order valence-electron chi connectivity index (χ1n) is 12.5. The van der Waals surface area contributed by atoms with Crippen molar-refractivity contribution in [2.75, 3.05) is 13.7 Å². The fraction of sp³-hybridized carbons (Fsp3) is 0.731. The molecule has 0 heterocycles. The number of ether oxygens (including phenoxy) is 2. The molecule has 1 rings (SSSR count). The second kappa shape index (κ2) is 19.0. The molecule has 1 aromatic carbocycles. The maximum absolute atomic E-state index is 10.9. The van der Waals surface area contributed by atoms with Crippen molar-refractivity contribution in [3.63, 3.8) is 0 Å². The van der Waals surface area contributed by atoms with Gasteiger partial charge < -0.3 is 9.47 Å². The minimum absolute atomic E-state index is 0.111. The minimum atomic E-state index is -0.111. The molecule has 178 valence electrons. The molecule has 5 heteroatoms. The second-order valence-corrected chi connectivity index (χ2v) is 8.46. The van der Waals surface area contributed by atoms with Gasteiger partial charge in [-0.25, -0.2) is 5.43 Å². The van der Waals surface area contributed by atoms with E-state index in [9.17, 15) is 4.79 Å². The highest BCUT2D eigenvalue weighted by Gasteiger charge is 2.06. The third-order valence-corrected chi connectivity index (χ3v) is 5.54. The van der Waals surface area contributed by atoms with Crippen molar-refractivity contribution in [3.8, 4) is 11.5 Å². The van der Waals surface area contributed by atoms with Crippen LogP contribution >= 0.6 is 0 Å². The highest BCUT2D eigenvalue weighted by atomic mass is 16.5. The van der Waals surface area contributed by atoms with Crippen molar-refractivity contribution < 1.29 is 14.3 Å². The number of unbranched alkanes of at least 4 members (excludes halogenated alkanes) is 13. The molecule has 1 aromatic rings. The van der Waals surface area contributed by atoms with Gasteiger partial charge >= 0.3 is 0 Å². The average Bonchev–Trinajstić information content (AvgIpc) is 2.76. The lowest BCUT2D eigenvalue weighted by molar-refractivity contribution is -0.119. The summed E-state index contributed by atoms with van der Waals surface area (Å²) in [5, 5.41) is 0. The summed E-state index contributed by atoms with van der Waals surface area (Å²) >= 11 is 0. The molecule has 0 saturated carbocycles. The van der Waals surface area contributed by atoms with Gasteiger partial charge in [0.05, 0.1) is 13.7 Å². The molecule has 0 aliphatic heterocycles. The van der Waals surface area contributed by atoms with Gasteiger partial charge in [0.15, 0.2) is 11.5 Å². The number of methoxy groups -OCH3 is 1. The molecule has 0 radical (unpaired) electrons. The predicted octanol–water partition coefficient (Wildman–Crippen LogP) is 6.70. The zero-order valence-electron chi connectivity index (χ0n) is 20.3. The molecule has 0 aromatic heterocycles. The van der Waals surface area contributed by atoms with Crippen LogP contribution in [0.25, 0.3) is 0 Å². The van der Waals surface area contributed by atoms with Gasteiger partial charge in [0, 0.05) is 13.5 Å². The molecule has 0 unspecified atom stereocenters. The van der Waals surface area contributed by atoms with E-state index in [-0.39, 0.29) is 5.91 Å². The fourth-order valence-electron chi connectivity index (χ4n) is 3.69. The number of nitrogens with one attached hydrogen (secondary N) is 2. The van der Waals surface area contributed by atoms with E-state index < -0.39 is 0 Å². The summed E-state index contributed by atoms with van der Waals surface area (Å²) in [4.78, 5) is 10.9. The Hall–Kier alpha value is -1.75. The SMILES string of the molecule is CCCCCCCCCCCCCCCCOc1ccc(CNNC(C)=O)cc1OC. The van der Waals surface area contributed by atoms with E-state index in [4.69, 9.17) is 9.47 Å². The van der Waals surface area contributed by atoms with E-state index in [0.717, 1.165) is 30.1 Å². The van der Waals surface area contributed by atoms with Crippen LogP contribution in [0.2, 0.25) is 0 Å². The lowest BCUT2D eigenvalue weighted by Gasteiger charge is -2.13. The van der Waals surface area contributed by atoms with E-state index in [1.165, 1.54) is 90.4 Å². The van der Waals surface area contributed by atoms with Crippen LogP contribution in [0.15, 0.2) is 18.2 Å². The average molecular weight is 435 g/mol. The van der Waals surface area contributed by atoms with Crippen LogP contribution in [0.5, 0.6) is 11.5 Å². The number of carbonyl (C=O) groups is 1. The number of hydrazine groups is 1. The van der Waals surface area contributed by atoms with Gasteiger partial charge in [0.2, 0.25) is 5.91 Å². The Morgan fingerprint density at radius 3 is 1.87 bits per heavy atom. The molecule has 0 saturated heterocycles. The molecule has 0 fully saturated rings. The van der Waals surface area contributed by atoms with Gasteiger partial charge in [-0.15, -0.1) is 0 Å². The van der Waals surface area contributed by atoms with Crippen molar-refractivity contribution >= 4 is 5.91 Å². The third kappa shape index (κ3) is 14.8. The van der Waals surface area contributed by atoms with Crippen molar-refractivity contribution in [3.05, 3.63) is 23.8 Å². The summed E-state index contributed by atoms with van der Waals surface area (Å²) in [6, 6.07) is 5.86. The molecule has 0 atom stereocenters. The van der Waals surface area contributed by atoms with E-state index in [0.29, 0.717) is 6.54 Å². The van der Waals surface area contributed by atoms with Crippen LogP contribution in [-0.4, -0.2) is 19.6 Å². The predicted molar refractivity (Wildman–Crippen MR) is 129 cm³/mol. The standard InChI is InChI=1S/C26H46N2O3/c1-4-5-6-7-8-9-10-11-12-13-14-15-16-17-20-31-25-19-18-24(21-26(25)30-3)22-27-28-23(2)29/h18-19,21,27H,4-17,20,22H2,1-3H3,(H,28,29). The Morgan fingerprint density at radius 1 is 0.806 bits per heavy atom. The van der Waals surface area contributed by atoms with Crippen molar-refractivity contribution in [1.29, 1.82) is 0 Å². The van der Waals surface area contributed by atoms with Gasteiger partial charge in [-0.05, 0) is 24.1 Å². The summed E-state index contributed by atoms with van der Waals surface area (Å²) in [5.74, 6) is 1.40. The summed E-state index contributed by atoms with van der Waals surface area (Å²) in [6.45, 7) is 5.01. The zero-order chi connectivity index (χ0) is 22.6. The van der Waals surface area contributed by atoms with Crippen LogP contribution in [-0.2, 0) is 11.3 Å². The lowest BCUT2D eigenvalue weighted by Crippen LogP contribution is -2.34. The zero-order valence-corrected chi connectivity index (χ0v) is 20.3. The lowest BCUT2D eigenvalue weighted by atomic mass is 10.0. The summed E-state index contributed by atoms with van der Waals surface area (Å²) in [7, 11) is 1.65. The Bertz CT molecular complexity index is 578. The summed E-state index contributed by atoms with van der Waals surface area (Å²) < 4.78 is 11.4. The summed E-state index contributed by atoms with van der Waals surface area (Å²) in [5.41, 5.74) is 6.47. The van der Waals surface area contributed by atoms with Crippen LogP contribution in [0, 0.1) is 0 Å². The topological polar surface area (TPSA) is 59.6 Å². The highest BCUT2D eigenvalue weighted by Crippen LogP contribution is 2.28. The number of hydrogen-bond acceptors (Lipinski definition) is 4. The fourth-order valence-corrected chi connectivity index (χ4v) is 3.69. The first-order chi connectivity index (χ1) is 15.2. The molecule has 0 spiro atoms. The van der Waals surface area contributed by atoms with Gasteiger partial charge in [0.1, 0.15) is 0 Å². The molecular weight excluding hydrogens is 388 g/mol. The Balaban J connectivity index is 2.01. The molecule has 31 heavy (non-hydrogen) atoms. The van der Waals surface area contributed by atoms with E-state index >= 15 is 0 Å². The first-order valence-corrected chi connectivity index (χ1v) is 12.5. The maximum Gasteiger partial charge on any atom is 0.230 e. The Kier molecular flexibility index (Phi) is 16.7.